The number of hydrogen-bond donors (Lipinski definition) is 1. The van der Waals surface area contributed by atoms with Crippen molar-refractivity contribution in [3.63, 3.8) is 0 Å². The number of aryl methyl sites for hydroxylation is 1. The quantitative estimate of drug-likeness (QED) is 0.864. The maximum Gasteiger partial charge on any atom is 0.129 e. The molecule has 0 unspecified atom stereocenters. The first-order chi connectivity index (χ1) is 9.76. The number of nitrogens with zero attached hydrogens (tertiary/aromatic N) is 3. The smallest absolute Gasteiger partial charge is 0.129 e. The Morgan fingerprint density at radius 3 is 2.45 bits per heavy atom. The van der Waals surface area contributed by atoms with Crippen LogP contribution in [-0.2, 0) is 13.0 Å². The van der Waals surface area contributed by atoms with E-state index in [2.05, 4.69) is 23.6 Å². The van der Waals surface area contributed by atoms with Crippen molar-refractivity contribution in [1.29, 1.82) is 0 Å². The number of piperazine rings is 1. The van der Waals surface area contributed by atoms with E-state index in [1.54, 1.807) is 0 Å². The normalized spacial score (nSPS) is 16.6. The van der Waals surface area contributed by atoms with E-state index in [4.69, 9.17) is 4.98 Å². The van der Waals surface area contributed by atoms with Gasteiger partial charge >= 0.3 is 0 Å². The fraction of sp³-hybridized carbons (Fsp3) is 0.688. The minimum Gasteiger partial charge on any atom is -0.392 e. The summed E-state index contributed by atoms with van der Waals surface area (Å²) in [5.74, 6) is 1.04. The van der Waals surface area contributed by atoms with Crippen molar-refractivity contribution in [2.45, 2.75) is 39.7 Å². The summed E-state index contributed by atoms with van der Waals surface area (Å²) in [6.45, 7) is 9.98. The van der Waals surface area contributed by atoms with Crippen molar-refractivity contribution < 1.29 is 5.11 Å². The van der Waals surface area contributed by atoms with Gasteiger partial charge in [-0.1, -0.05) is 20.3 Å². The number of pyridine rings is 1. The molecule has 1 saturated heterocycles. The summed E-state index contributed by atoms with van der Waals surface area (Å²) < 4.78 is 0. The van der Waals surface area contributed by atoms with Gasteiger partial charge in [0.2, 0.25) is 0 Å². The third kappa shape index (κ3) is 3.93. The Morgan fingerprint density at radius 1 is 1.10 bits per heavy atom. The summed E-state index contributed by atoms with van der Waals surface area (Å²) in [7, 11) is 0. The molecule has 1 aromatic rings. The molecule has 0 saturated carbocycles. The zero-order chi connectivity index (χ0) is 14.4. The molecule has 1 aliphatic heterocycles. The van der Waals surface area contributed by atoms with Crippen molar-refractivity contribution in [3.8, 4) is 0 Å². The molecule has 0 bridgehead atoms. The van der Waals surface area contributed by atoms with Gasteiger partial charge in [0, 0.05) is 31.9 Å². The topological polar surface area (TPSA) is 39.6 Å². The lowest BCUT2D eigenvalue weighted by Crippen LogP contribution is -2.46. The Hall–Kier alpha value is -1.13. The Morgan fingerprint density at radius 2 is 1.85 bits per heavy atom. The second-order valence-corrected chi connectivity index (χ2v) is 5.56. The zero-order valence-electron chi connectivity index (χ0n) is 12.8. The zero-order valence-corrected chi connectivity index (χ0v) is 12.8. The molecule has 0 radical (unpaired) electrons. The molecule has 1 aromatic heterocycles. The van der Waals surface area contributed by atoms with E-state index in [0.717, 1.165) is 56.1 Å². The number of anilines is 1. The second-order valence-electron chi connectivity index (χ2n) is 5.56. The molecule has 2 heterocycles. The number of aliphatic hydroxyl groups excluding tert-OH is 1. The second kappa shape index (κ2) is 7.60. The molecule has 4 nitrogen and oxygen atoms in total. The Balaban J connectivity index is 2.06. The Kier molecular flexibility index (Phi) is 5.80. The lowest BCUT2D eigenvalue weighted by molar-refractivity contribution is 0.257. The Labute approximate surface area is 122 Å². The van der Waals surface area contributed by atoms with E-state index in [1.807, 2.05) is 12.1 Å². The molecule has 20 heavy (non-hydrogen) atoms. The molecule has 0 amide bonds. The molecular formula is C16H27N3O. The van der Waals surface area contributed by atoms with Crippen LogP contribution >= 0.6 is 0 Å². The van der Waals surface area contributed by atoms with E-state index in [-0.39, 0.29) is 6.61 Å². The van der Waals surface area contributed by atoms with Crippen LogP contribution in [0.2, 0.25) is 0 Å². The fourth-order valence-electron chi connectivity index (χ4n) is 2.79. The molecular weight excluding hydrogens is 250 g/mol. The van der Waals surface area contributed by atoms with E-state index in [0.29, 0.717) is 0 Å². The van der Waals surface area contributed by atoms with Gasteiger partial charge in [-0.2, -0.15) is 0 Å². The molecule has 1 aliphatic rings. The van der Waals surface area contributed by atoms with Crippen molar-refractivity contribution in [3.05, 3.63) is 23.4 Å². The van der Waals surface area contributed by atoms with E-state index in [9.17, 15) is 5.11 Å². The van der Waals surface area contributed by atoms with Crippen molar-refractivity contribution in [2.24, 2.45) is 0 Å². The first kappa shape index (κ1) is 15.3. The number of aliphatic hydroxyl groups is 1. The average molecular weight is 277 g/mol. The van der Waals surface area contributed by atoms with E-state index < -0.39 is 0 Å². The third-order valence-corrected chi connectivity index (χ3v) is 3.85. The van der Waals surface area contributed by atoms with Crippen LogP contribution in [0.15, 0.2) is 12.1 Å². The highest BCUT2D eigenvalue weighted by atomic mass is 16.3. The highest BCUT2D eigenvalue weighted by Gasteiger charge is 2.18. The van der Waals surface area contributed by atoms with Crippen LogP contribution in [0.5, 0.6) is 0 Å². The minimum atomic E-state index is 0.0992. The van der Waals surface area contributed by atoms with E-state index in [1.165, 1.54) is 13.0 Å². The maximum atomic E-state index is 9.41. The van der Waals surface area contributed by atoms with Gasteiger partial charge in [-0.3, -0.25) is 4.90 Å². The standard InChI is InChI=1S/C16H27N3O/c1-3-5-15-11-14(13-20)12-16(17-15)19-9-7-18(6-4-2)8-10-19/h11-12,20H,3-10,13H2,1-2H3. The molecule has 112 valence electrons. The molecule has 1 fully saturated rings. The van der Waals surface area contributed by atoms with Crippen LogP contribution in [0.1, 0.15) is 37.9 Å². The SMILES string of the molecule is CCCc1cc(CO)cc(N2CCN(CCC)CC2)n1. The number of hydrogen-bond acceptors (Lipinski definition) is 4. The van der Waals surface area contributed by atoms with Gasteiger partial charge in [0.25, 0.3) is 0 Å². The fourth-order valence-corrected chi connectivity index (χ4v) is 2.79. The van der Waals surface area contributed by atoms with Crippen molar-refractivity contribution in [2.75, 3.05) is 37.6 Å². The van der Waals surface area contributed by atoms with Gasteiger partial charge in [0.05, 0.1) is 6.61 Å². The largest absolute Gasteiger partial charge is 0.392 e. The van der Waals surface area contributed by atoms with Gasteiger partial charge in [0.1, 0.15) is 5.82 Å². The summed E-state index contributed by atoms with van der Waals surface area (Å²) >= 11 is 0. The maximum absolute atomic E-state index is 9.41. The van der Waals surface area contributed by atoms with Gasteiger partial charge in [-0.15, -0.1) is 0 Å². The average Bonchev–Trinajstić information content (AvgIpc) is 2.48. The summed E-state index contributed by atoms with van der Waals surface area (Å²) in [5.41, 5.74) is 2.08. The van der Waals surface area contributed by atoms with Gasteiger partial charge in [0.15, 0.2) is 0 Å². The molecule has 4 heteroatoms. The van der Waals surface area contributed by atoms with Crippen molar-refractivity contribution in [1.82, 2.24) is 9.88 Å². The number of aromatic nitrogens is 1. The van der Waals surface area contributed by atoms with Crippen molar-refractivity contribution >= 4 is 5.82 Å². The molecule has 0 spiro atoms. The lowest BCUT2D eigenvalue weighted by atomic mass is 10.1. The molecule has 0 atom stereocenters. The summed E-state index contributed by atoms with van der Waals surface area (Å²) in [6.07, 6.45) is 3.29. The van der Waals surface area contributed by atoms with Gasteiger partial charge in [-0.05, 0) is 37.1 Å². The van der Waals surface area contributed by atoms with E-state index >= 15 is 0 Å². The first-order valence-corrected chi connectivity index (χ1v) is 7.84. The summed E-state index contributed by atoms with van der Waals surface area (Å²) in [5, 5.41) is 9.41. The predicted molar refractivity (Wildman–Crippen MR) is 83.1 cm³/mol. The van der Waals surface area contributed by atoms with Gasteiger partial charge in [-0.25, -0.2) is 4.98 Å². The monoisotopic (exact) mass is 277 g/mol. The van der Waals surface area contributed by atoms with Crippen LogP contribution in [0.25, 0.3) is 0 Å². The predicted octanol–water partition coefficient (Wildman–Crippen LogP) is 2.06. The van der Waals surface area contributed by atoms with Crippen LogP contribution in [-0.4, -0.2) is 47.7 Å². The highest BCUT2D eigenvalue weighted by molar-refractivity contribution is 5.43. The minimum absolute atomic E-state index is 0.0992. The molecule has 2 rings (SSSR count). The van der Waals surface area contributed by atoms with Crippen LogP contribution in [0.4, 0.5) is 5.82 Å². The summed E-state index contributed by atoms with van der Waals surface area (Å²) in [6, 6.07) is 4.06. The van der Waals surface area contributed by atoms with Gasteiger partial charge < -0.3 is 10.0 Å². The highest BCUT2D eigenvalue weighted by Crippen LogP contribution is 2.18. The summed E-state index contributed by atoms with van der Waals surface area (Å²) in [4.78, 5) is 9.63. The first-order valence-electron chi connectivity index (χ1n) is 7.84. The lowest BCUT2D eigenvalue weighted by Gasteiger charge is -2.35. The Bertz CT molecular complexity index is 414. The van der Waals surface area contributed by atoms with Crippen LogP contribution in [0.3, 0.4) is 0 Å². The molecule has 1 N–H and O–H groups in total. The third-order valence-electron chi connectivity index (χ3n) is 3.85. The molecule has 0 aromatic carbocycles. The van der Waals surface area contributed by atoms with Crippen LogP contribution < -0.4 is 4.90 Å². The molecule has 0 aliphatic carbocycles. The number of rotatable bonds is 6. The van der Waals surface area contributed by atoms with Crippen LogP contribution in [0, 0.1) is 0 Å².